The Labute approximate surface area is 284 Å². The predicted molar refractivity (Wildman–Crippen MR) is 180 cm³/mol. The second-order valence-corrected chi connectivity index (χ2v) is 12.4. The molecule has 3 unspecified atom stereocenters. The van der Waals surface area contributed by atoms with Gasteiger partial charge in [0.15, 0.2) is 29.6 Å². The van der Waals surface area contributed by atoms with Crippen LogP contribution in [0, 0.1) is 27.4 Å². The molecule has 1 amide bonds. The van der Waals surface area contributed by atoms with Crippen molar-refractivity contribution >= 4 is 5.91 Å². The molecule has 13 heteroatoms. The minimum absolute atomic E-state index is 0.0267. The monoisotopic (exact) mass is 669 g/mol. The highest BCUT2D eigenvalue weighted by atomic mass is 17.0. The number of benzene rings is 2. The molecule has 1 heterocycles. The zero-order valence-corrected chi connectivity index (χ0v) is 29.3. The van der Waals surface area contributed by atoms with E-state index in [4.69, 9.17) is 23.8 Å². The molecule has 1 saturated heterocycles. The summed E-state index contributed by atoms with van der Waals surface area (Å²) in [5.41, 5.74) is 4.16. The number of hydrogen-bond acceptors (Lipinski definition) is 11. The van der Waals surface area contributed by atoms with Crippen molar-refractivity contribution in [2.45, 2.75) is 76.9 Å². The van der Waals surface area contributed by atoms with Crippen molar-refractivity contribution in [1.29, 1.82) is 5.26 Å². The molecule has 3 atom stereocenters. The normalized spacial score (nSPS) is 16.2. The number of carbonyl (C=O) groups is 1. The van der Waals surface area contributed by atoms with E-state index >= 15 is 0 Å². The highest BCUT2D eigenvalue weighted by Gasteiger charge is 2.32. The summed E-state index contributed by atoms with van der Waals surface area (Å²) in [7, 11) is 6.81. The number of hydrazine groups is 1. The van der Waals surface area contributed by atoms with E-state index < -0.39 is 16.6 Å². The van der Waals surface area contributed by atoms with E-state index in [9.17, 15) is 20.2 Å². The highest BCUT2D eigenvalue weighted by Crippen LogP contribution is 2.39. The first-order valence-corrected chi connectivity index (χ1v) is 16.5. The van der Waals surface area contributed by atoms with Crippen molar-refractivity contribution in [3.8, 4) is 29.1 Å². The molecule has 0 spiro atoms. The second kappa shape index (κ2) is 18.3. The minimum atomic E-state index is -0.755. The summed E-state index contributed by atoms with van der Waals surface area (Å²) in [6, 6.07) is 14.1. The van der Waals surface area contributed by atoms with Crippen LogP contribution in [0.5, 0.6) is 23.0 Å². The van der Waals surface area contributed by atoms with Crippen molar-refractivity contribution < 1.29 is 33.7 Å². The maximum absolute atomic E-state index is 12.7. The average Bonchev–Trinajstić information content (AvgIpc) is 3.09. The summed E-state index contributed by atoms with van der Waals surface area (Å²) >= 11 is 0. The number of amides is 1. The fraction of sp³-hybridized carbons (Fsp3) is 0.600. The van der Waals surface area contributed by atoms with Gasteiger partial charge in [0.1, 0.15) is 6.10 Å². The van der Waals surface area contributed by atoms with Gasteiger partial charge in [-0.2, -0.15) is 5.26 Å². The van der Waals surface area contributed by atoms with Crippen LogP contribution in [0.4, 0.5) is 0 Å². The van der Waals surface area contributed by atoms with Crippen LogP contribution in [0.25, 0.3) is 0 Å². The van der Waals surface area contributed by atoms with Crippen molar-refractivity contribution in [3.05, 3.63) is 57.6 Å². The van der Waals surface area contributed by atoms with Crippen LogP contribution < -0.4 is 24.4 Å². The Kier molecular flexibility index (Phi) is 14.6. The van der Waals surface area contributed by atoms with Crippen molar-refractivity contribution in [1.82, 2.24) is 15.3 Å². The van der Waals surface area contributed by atoms with Crippen LogP contribution in [0.2, 0.25) is 0 Å². The Bertz CT molecular complexity index is 1390. The van der Waals surface area contributed by atoms with Crippen molar-refractivity contribution in [2.75, 3.05) is 54.6 Å². The summed E-state index contributed by atoms with van der Waals surface area (Å²) in [5, 5.41) is 22.1. The van der Waals surface area contributed by atoms with Crippen LogP contribution in [0.1, 0.15) is 76.5 Å². The molecule has 1 N–H and O–H groups in total. The molecule has 1 aliphatic heterocycles. The van der Waals surface area contributed by atoms with E-state index in [-0.39, 0.29) is 24.5 Å². The molecule has 1 aliphatic rings. The standard InChI is InChI=1S/C35H51N5O8/c1-8-16-35(24-36,29-11-13-30(44-5)32(22-29)46-7)17-9-18-38(4)25(2)28-10-12-31(45-6)33(21-28)47-23-34(41)37-39-19-14-27(15-20-39)26(3)48-40(42)43/h10-13,21-22,25-27H,8-9,14-20,23H2,1-7H3,(H,37,41). The molecule has 48 heavy (non-hydrogen) atoms. The van der Waals surface area contributed by atoms with Crippen LogP contribution in [0.15, 0.2) is 36.4 Å². The maximum atomic E-state index is 12.7. The van der Waals surface area contributed by atoms with Gasteiger partial charge in [0, 0.05) is 19.1 Å². The summed E-state index contributed by atoms with van der Waals surface area (Å²) in [4.78, 5) is 30.3. The molecule has 0 aliphatic carbocycles. The molecule has 13 nitrogen and oxygen atoms in total. The molecule has 0 radical (unpaired) electrons. The number of piperidine rings is 1. The lowest BCUT2D eigenvalue weighted by Gasteiger charge is -2.33. The first-order chi connectivity index (χ1) is 23.0. The Morgan fingerprint density at radius 2 is 1.71 bits per heavy atom. The van der Waals surface area contributed by atoms with E-state index in [0.717, 1.165) is 36.9 Å². The fourth-order valence-corrected chi connectivity index (χ4v) is 6.35. The highest BCUT2D eigenvalue weighted by molar-refractivity contribution is 5.77. The molecule has 0 saturated carbocycles. The third-order valence-electron chi connectivity index (χ3n) is 9.37. The zero-order chi connectivity index (χ0) is 35.3. The summed E-state index contributed by atoms with van der Waals surface area (Å²) in [5.74, 6) is 1.99. The molecule has 1 fully saturated rings. The van der Waals surface area contributed by atoms with E-state index in [2.05, 4.69) is 37.3 Å². The third-order valence-corrected chi connectivity index (χ3v) is 9.37. The second-order valence-electron chi connectivity index (χ2n) is 12.4. The molecule has 0 aromatic heterocycles. The van der Waals surface area contributed by atoms with E-state index in [0.29, 0.717) is 55.4 Å². The van der Waals surface area contributed by atoms with Gasteiger partial charge in [0.05, 0.1) is 32.8 Å². The third kappa shape index (κ3) is 10.1. The van der Waals surface area contributed by atoms with Crippen LogP contribution in [0.3, 0.4) is 0 Å². The molecule has 2 aromatic rings. The van der Waals surface area contributed by atoms with E-state index in [1.54, 1.807) is 33.3 Å². The van der Waals surface area contributed by atoms with Crippen molar-refractivity contribution in [2.24, 2.45) is 5.92 Å². The number of methoxy groups -OCH3 is 3. The van der Waals surface area contributed by atoms with Gasteiger partial charge in [-0.3, -0.25) is 15.1 Å². The molecule has 0 bridgehead atoms. The minimum Gasteiger partial charge on any atom is -0.493 e. The summed E-state index contributed by atoms with van der Waals surface area (Å²) in [6.45, 7) is 7.59. The smallest absolute Gasteiger partial charge is 0.294 e. The quantitative estimate of drug-likeness (QED) is 0.150. The lowest BCUT2D eigenvalue weighted by Crippen LogP contribution is -2.49. The number of hydrogen-bond donors (Lipinski definition) is 1. The molecule has 2 aromatic carbocycles. The van der Waals surface area contributed by atoms with E-state index in [1.165, 1.54) is 0 Å². The maximum Gasteiger partial charge on any atom is 0.294 e. The summed E-state index contributed by atoms with van der Waals surface area (Å²) < 4.78 is 22.4. The fourth-order valence-electron chi connectivity index (χ4n) is 6.35. The van der Waals surface area contributed by atoms with Gasteiger partial charge in [-0.25, -0.2) is 5.01 Å². The molecule has 264 valence electrons. The summed E-state index contributed by atoms with van der Waals surface area (Å²) in [6.07, 6.45) is 3.97. The number of ether oxygens (including phenoxy) is 4. The topological polar surface area (TPSA) is 149 Å². The first kappa shape index (κ1) is 38.2. The van der Waals surface area contributed by atoms with Gasteiger partial charge in [0.2, 0.25) is 0 Å². The number of carbonyl (C=O) groups excluding carboxylic acids is 1. The SMILES string of the molecule is CCCC(C#N)(CCCN(C)C(C)c1ccc(OC)c(OCC(=O)NN2CCC(C(C)O[N+](=O)[O-])CC2)c1)c1ccc(OC)c(OC)c1. The van der Waals surface area contributed by atoms with Crippen LogP contribution >= 0.6 is 0 Å². The lowest BCUT2D eigenvalue weighted by atomic mass is 9.74. The molecular weight excluding hydrogens is 618 g/mol. The molecule has 3 rings (SSSR count). The van der Waals surface area contributed by atoms with E-state index in [1.807, 2.05) is 36.4 Å². The van der Waals surface area contributed by atoms with Crippen LogP contribution in [-0.4, -0.2) is 81.6 Å². The Morgan fingerprint density at radius 3 is 2.31 bits per heavy atom. The zero-order valence-electron chi connectivity index (χ0n) is 29.3. The lowest BCUT2D eigenvalue weighted by molar-refractivity contribution is -0.769. The molecular formula is C35H51N5O8. The average molecular weight is 670 g/mol. The Morgan fingerprint density at radius 1 is 1.06 bits per heavy atom. The Hall–Kier alpha value is -4.28. The predicted octanol–water partition coefficient (Wildman–Crippen LogP) is 5.47. The first-order valence-electron chi connectivity index (χ1n) is 16.5. The van der Waals surface area contributed by atoms with Gasteiger partial charge in [-0.05, 0) is 101 Å². The largest absolute Gasteiger partial charge is 0.493 e. The van der Waals surface area contributed by atoms with Gasteiger partial charge < -0.3 is 23.8 Å². The number of nitrogens with one attached hydrogen (secondary N) is 1. The van der Waals surface area contributed by atoms with Gasteiger partial charge in [0.25, 0.3) is 11.0 Å². The van der Waals surface area contributed by atoms with Gasteiger partial charge in [-0.1, -0.05) is 25.5 Å². The number of rotatable bonds is 19. The number of nitriles is 1. The van der Waals surface area contributed by atoms with Gasteiger partial charge in [-0.15, -0.1) is 10.1 Å². The van der Waals surface area contributed by atoms with Crippen molar-refractivity contribution in [3.63, 3.8) is 0 Å². The van der Waals surface area contributed by atoms with Crippen LogP contribution in [-0.2, 0) is 15.0 Å². The van der Waals surface area contributed by atoms with Gasteiger partial charge >= 0.3 is 0 Å². The number of nitrogens with zero attached hydrogens (tertiary/aromatic N) is 4. The Balaban J connectivity index is 1.58.